The molecule has 0 bridgehead atoms. The third-order valence-electron chi connectivity index (χ3n) is 3.42. The van der Waals surface area contributed by atoms with E-state index < -0.39 is 27.8 Å². The van der Waals surface area contributed by atoms with Gasteiger partial charge in [-0.1, -0.05) is 0 Å². The Kier molecular flexibility index (Phi) is 4.17. The summed E-state index contributed by atoms with van der Waals surface area (Å²) in [6.45, 7) is 0.232. The van der Waals surface area contributed by atoms with Crippen molar-refractivity contribution in [3.8, 4) is 0 Å². The van der Waals surface area contributed by atoms with Gasteiger partial charge in [0.05, 0.1) is 24.0 Å². The number of benzene rings is 1. The van der Waals surface area contributed by atoms with Gasteiger partial charge in [-0.25, -0.2) is 8.42 Å². The maximum absolute atomic E-state index is 11.7. The van der Waals surface area contributed by atoms with E-state index in [2.05, 4.69) is 0 Å². The molecule has 1 fully saturated rings. The number of carboxylic acid groups (broad SMARTS) is 1. The van der Waals surface area contributed by atoms with Gasteiger partial charge in [0.15, 0.2) is 9.84 Å². The van der Waals surface area contributed by atoms with Crippen LogP contribution >= 0.6 is 0 Å². The normalized spacial score (nSPS) is 21.0. The lowest BCUT2D eigenvalue weighted by Crippen LogP contribution is -2.49. The van der Waals surface area contributed by atoms with Crippen molar-refractivity contribution in [3.63, 3.8) is 0 Å². The fraction of sp³-hybridized carbons (Fsp3) is 0.385. The number of carboxylic acids is 1. The maximum atomic E-state index is 11.7. The summed E-state index contributed by atoms with van der Waals surface area (Å²) in [7, 11) is -3.22. The summed E-state index contributed by atoms with van der Waals surface area (Å²) in [6.07, 6.45) is -0.253. The Bertz CT molecular complexity index is 654. The summed E-state index contributed by atoms with van der Waals surface area (Å²) in [4.78, 5) is 23.7. The molecular formula is C13H16N2O5S. The lowest BCUT2D eigenvalue weighted by molar-refractivity contribution is -0.137. The van der Waals surface area contributed by atoms with Crippen LogP contribution in [-0.4, -0.2) is 49.5 Å². The predicted octanol–water partition coefficient (Wildman–Crippen LogP) is -0.136. The molecule has 1 unspecified atom stereocenters. The number of aliphatic carboxylic acids is 1. The Morgan fingerprint density at radius 2 is 1.90 bits per heavy atom. The fourth-order valence-electron chi connectivity index (χ4n) is 2.41. The number of nitrogens with two attached hydrogens (primary N) is 1. The number of primary amides is 1. The van der Waals surface area contributed by atoms with Crippen LogP contribution in [0.2, 0.25) is 0 Å². The minimum Gasteiger partial charge on any atom is -0.481 e. The van der Waals surface area contributed by atoms with Crippen molar-refractivity contribution < 1.29 is 23.1 Å². The molecular weight excluding hydrogens is 296 g/mol. The summed E-state index contributed by atoms with van der Waals surface area (Å²) < 4.78 is 23.4. The molecule has 1 atom stereocenters. The number of anilines is 1. The van der Waals surface area contributed by atoms with Gasteiger partial charge in [0.1, 0.15) is 0 Å². The zero-order valence-electron chi connectivity index (χ0n) is 11.2. The molecule has 0 spiro atoms. The molecule has 21 heavy (non-hydrogen) atoms. The van der Waals surface area contributed by atoms with Gasteiger partial charge < -0.3 is 15.7 Å². The van der Waals surface area contributed by atoms with E-state index in [-0.39, 0.29) is 24.5 Å². The molecule has 1 amide bonds. The van der Waals surface area contributed by atoms with Crippen molar-refractivity contribution in [2.75, 3.05) is 23.0 Å². The Balaban J connectivity index is 2.26. The number of hydrogen-bond donors (Lipinski definition) is 2. The lowest BCUT2D eigenvalue weighted by atomic mass is 10.1. The van der Waals surface area contributed by atoms with Crippen LogP contribution in [0.4, 0.5) is 5.69 Å². The van der Waals surface area contributed by atoms with Gasteiger partial charge in [0.25, 0.3) is 0 Å². The molecule has 1 heterocycles. The molecule has 1 saturated heterocycles. The van der Waals surface area contributed by atoms with Gasteiger partial charge in [0, 0.05) is 17.8 Å². The molecule has 1 aromatic carbocycles. The molecule has 1 aromatic rings. The molecule has 0 aliphatic carbocycles. The number of rotatable bonds is 4. The molecule has 0 saturated carbocycles. The van der Waals surface area contributed by atoms with Gasteiger partial charge >= 0.3 is 5.97 Å². The monoisotopic (exact) mass is 312 g/mol. The Morgan fingerprint density at radius 3 is 2.43 bits per heavy atom. The summed E-state index contributed by atoms with van der Waals surface area (Å²) in [6, 6.07) is 5.76. The molecule has 7 nitrogen and oxygen atoms in total. The second-order valence-corrected chi connectivity index (χ2v) is 7.20. The number of sulfone groups is 1. The van der Waals surface area contributed by atoms with E-state index in [0.29, 0.717) is 11.3 Å². The zero-order valence-corrected chi connectivity index (χ0v) is 12.0. The van der Waals surface area contributed by atoms with Gasteiger partial charge in [-0.3, -0.25) is 9.59 Å². The van der Waals surface area contributed by atoms with Gasteiger partial charge in [-0.05, 0) is 24.3 Å². The fourth-order valence-corrected chi connectivity index (χ4v) is 3.94. The summed E-state index contributed by atoms with van der Waals surface area (Å²) in [5.74, 6) is -1.79. The standard InChI is InChI=1S/C13H16N2O5S/c14-13(18)9-1-3-10(4-2-9)15-5-6-21(19,20)8-11(15)7-12(16)17/h1-4,11H,5-8H2,(H2,14,18)(H,16,17). The van der Waals surface area contributed by atoms with E-state index in [1.807, 2.05) is 0 Å². The van der Waals surface area contributed by atoms with Crippen molar-refractivity contribution >= 4 is 27.4 Å². The molecule has 114 valence electrons. The average molecular weight is 312 g/mol. The molecule has 0 aromatic heterocycles. The smallest absolute Gasteiger partial charge is 0.305 e. The number of nitrogens with zero attached hydrogens (tertiary/aromatic N) is 1. The number of carbonyl (C=O) groups is 2. The van der Waals surface area contributed by atoms with Crippen LogP contribution in [0.3, 0.4) is 0 Å². The summed E-state index contributed by atoms with van der Waals surface area (Å²) in [5, 5.41) is 8.93. The molecule has 0 radical (unpaired) electrons. The van der Waals surface area contributed by atoms with E-state index in [4.69, 9.17) is 10.8 Å². The van der Waals surface area contributed by atoms with Crippen LogP contribution in [0, 0.1) is 0 Å². The number of amides is 1. The first-order valence-corrected chi connectivity index (χ1v) is 8.19. The molecule has 2 rings (SSSR count). The SMILES string of the molecule is NC(=O)c1ccc(N2CCS(=O)(=O)CC2CC(=O)O)cc1. The van der Waals surface area contributed by atoms with E-state index in [9.17, 15) is 18.0 Å². The predicted molar refractivity (Wildman–Crippen MR) is 77.0 cm³/mol. The van der Waals surface area contributed by atoms with Gasteiger partial charge in [-0.15, -0.1) is 0 Å². The highest BCUT2D eigenvalue weighted by Gasteiger charge is 2.32. The molecule has 1 aliphatic rings. The minimum atomic E-state index is -3.22. The second kappa shape index (κ2) is 5.72. The van der Waals surface area contributed by atoms with Crippen LogP contribution in [0.25, 0.3) is 0 Å². The van der Waals surface area contributed by atoms with Crippen LogP contribution in [-0.2, 0) is 14.6 Å². The molecule has 1 aliphatic heterocycles. The van der Waals surface area contributed by atoms with Crippen molar-refractivity contribution in [1.29, 1.82) is 0 Å². The first kappa shape index (κ1) is 15.3. The van der Waals surface area contributed by atoms with Crippen LogP contribution < -0.4 is 10.6 Å². The third kappa shape index (κ3) is 3.72. The van der Waals surface area contributed by atoms with E-state index in [0.717, 1.165) is 0 Å². The van der Waals surface area contributed by atoms with Gasteiger partial charge in [-0.2, -0.15) is 0 Å². The zero-order chi connectivity index (χ0) is 15.6. The Morgan fingerprint density at radius 1 is 1.29 bits per heavy atom. The molecule has 8 heteroatoms. The lowest BCUT2D eigenvalue weighted by Gasteiger charge is -2.36. The molecule has 3 N–H and O–H groups in total. The topological polar surface area (TPSA) is 118 Å². The summed E-state index contributed by atoms with van der Waals surface area (Å²) in [5.41, 5.74) is 6.19. The third-order valence-corrected chi connectivity index (χ3v) is 5.12. The largest absolute Gasteiger partial charge is 0.481 e. The van der Waals surface area contributed by atoms with E-state index in [1.165, 1.54) is 0 Å². The van der Waals surface area contributed by atoms with Crippen LogP contribution in [0.5, 0.6) is 0 Å². The van der Waals surface area contributed by atoms with Gasteiger partial charge in [0.2, 0.25) is 5.91 Å². The first-order valence-electron chi connectivity index (χ1n) is 6.37. The average Bonchev–Trinajstić information content (AvgIpc) is 2.37. The van der Waals surface area contributed by atoms with Crippen molar-refractivity contribution in [2.24, 2.45) is 5.73 Å². The highest BCUT2D eigenvalue weighted by molar-refractivity contribution is 7.91. The Labute approximate surface area is 122 Å². The van der Waals surface area contributed by atoms with Crippen LogP contribution in [0.1, 0.15) is 16.8 Å². The summed E-state index contributed by atoms with van der Waals surface area (Å²) >= 11 is 0. The number of hydrogen-bond acceptors (Lipinski definition) is 5. The first-order chi connectivity index (χ1) is 9.78. The minimum absolute atomic E-state index is 0.0132. The highest BCUT2D eigenvalue weighted by atomic mass is 32.2. The van der Waals surface area contributed by atoms with E-state index in [1.54, 1.807) is 29.2 Å². The highest BCUT2D eigenvalue weighted by Crippen LogP contribution is 2.24. The van der Waals surface area contributed by atoms with E-state index >= 15 is 0 Å². The van der Waals surface area contributed by atoms with Crippen LogP contribution in [0.15, 0.2) is 24.3 Å². The maximum Gasteiger partial charge on any atom is 0.305 e. The quantitative estimate of drug-likeness (QED) is 0.799. The van der Waals surface area contributed by atoms with Crippen molar-refractivity contribution in [3.05, 3.63) is 29.8 Å². The number of carbonyl (C=O) groups excluding carboxylic acids is 1. The van der Waals surface area contributed by atoms with Crippen molar-refractivity contribution in [1.82, 2.24) is 0 Å². The van der Waals surface area contributed by atoms with Crippen molar-refractivity contribution in [2.45, 2.75) is 12.5 Å². The second-order valence-electron chi connectivity index (χ2n) is 4.97. The Hall–Kier alpha value is -2.09.